The minimum absolute atomic E-state index is 0.0773. The van der Waals surface area contributed by atoms with Gasteiger partial charge < -0.3 is 15.4 Å². The number of carbonyl (C=O) groups excluding carboxylic acids is 1. The first kappa shape index (κ1) is 12.8. The predicted molar refractivity (Wildman–Crippen MR) is 69.7 cm³/mol. The van der Waals surface area contributed by atoms with E-state index in [1.54, 1.807) is 25.5 Å². The van der Waals surface area contributed by atoms with Crippen molar-refractivity contribution in [1.82, 2.24) is 10.3 Å². The van der Waals surface area contributed by atoms with Crippen LogP contribution in [-0.2, 0) is 4.74 Å². The number of nitrogens with zero attached hydrogens (tertiary/aromatic N) is 1. The molecule has 98 valence electrons. The summed E-state index contributed by atoms with van der Waals surface area (Å²) >= 11 is 0. The van der Waals surface area contributed by atoms with Crippen LogP contribution >= 0.6 is 0 Å². The molecule has 2 rings (SSSR count). The van der Waals surface area contributed by atoms with E-state index in [9.17, 15) is 4.79 Å². The number of rotatable bonds is 3. The zero-order valence-corrected chi connectivity index (χ0v) is 10.8. The van der Waals surface area contributed by atoms with Crippen LogP contribution in [-0.4, -0.2) is 36.7 Å². The maximum Gasteiger partial charge on any atom is 0.255 e. The fourth-order valence-electron chi connectivity index (χ4n) is 2.19. The monoisotopic (exact) mass is 249 g/mol. The smallest absolute Gasteiger partial charge is 0.255 e. The highest BCUT2D eigenvalue weighted by molar-refractivity contribution is 5.99. The van der Waals surface area contributed by atoms with Gasteiger partial charge in [-0.25, -0.2) is 0 Å². The Morgan fingerprint density at radius 1 is 1.56 bits per heavy atom. The second kappa shape index (κ2) is 5.82. The summed E-state index contributed by atoms with van der Waals surface area (Å²) in [5.74, 6) is -0.0773. The van der Waals surface area contributed by atoms with Crippen LogP contribution in [0.2, 0.25) is 0 Å². The summed E-state index contributed by atoms with van der Waals surface area (Å²) in [5.41, 5.74) is 1.38. The summed E-state index contributed by atoms with van der Waals surface area (Å²) < 4.78 is 5.46. The molecule has 0 saturated carbocycles. The second-order valence-electron chi connectivity index (χ2n) is 4.55. The lowest BCUT2D eigenvalue weighted by atomic mass is 10.0. The highest BCUT2D eigenvalue weighted by Gasteiger charge is 2.22. The second-order valence-corrected chi connectivity index (χ2v) is 4.55. The summed E-state index contributed by atoms with van der Waals surface area (Å²) in [7, 11) is 1.79. The largest absolute Gasteiger partial charge is 0.387 e. The first-order valence-corrected chi connectivity index (χ1v) is 6.25. The molecule has 0 aromatic carbocycles. The maximum atomic E-state index is 12.2. The van der Waals surface area contributed by atoms with Crippen LogP contribution in [0.4, 0.5) is 5.69 Å². The van der Waals surface area contributed by atoms with Crippen molar-refractivity contribution in [3.63, 3.8) is 0 Å². The van der Waals surface area contributed by atoms with Crippen LogP contribution in [0.25, 0.3) is 0 Å². The number of nitrogens with one attached hydrogen (secondary N) is 2. The van der Waals surface area contributed by atoms with Crippen LogP contribution in [0.15, 0.2) is 18.5 Å². The number of carbonyl (C=O) groups is 1. The summed E-state index contributed by atoms with van der Waals surface area (Å²) in [6.07, 6.45) is 5.19. The average Bonchev–Trinajstić information content (AvgIpc) is 2.38. The number of amides is 1. The molecule has 2 unspecified atom stereocenters. The Balaban J connectivity index is 2.03. The number of pyridine rings is 1. The van der Waals surface area contributed by atoms with Crippen LogP contribution in [0.1, 0.15) is 30.1 Å². The summed E-state index contributed by atoms with van der Waals surface area (Å²) in [6, 6.07) is 1.98. The molecule has 2 atom stereocenters. The van der Waals surface area contributed by atoms with Gasteiger partial charge in [0.1, 0.15) is 0 Å². The van der Waals surface area contributed by atoms with E-state index in [2.05, 4.69) is 15.6 Å². The van der Waals surface area contributed by atoms with E-state index in [4.69, 9.17) is 4.74 Å². The maximum absolute atomic E-state index is 12.2. The lowest BCUT2D eigenvalue weighted by Gasteiger charge is -2.28. The van der Waals surface area contributed by atoms with E-state index in [1.807, 2.05) is 6.92 Å². The van der Waals surface area contributed by atoms with Crippen molar-refractivity contribution in [2.45, 2.75) is 31.9 Å². The molecule has 1 aliphatic heterocycles. The number of ether oxygens (including phenoxy) is 1. The Morgan fingerprint density at radius 2 is 2.39 bits per heavy atom. The quantitative estimate of drug-likeness (QED) is 0.850. The number of aromatic nitrogens is 1. The third kappa shape index (κ3) is 2.98. The van der Waals surface area contributed by atoms with Crippen molar-refractivity contribution in [2.24, 2.45) is 0 Å². The zero-order chi connectivity index (χ0) is 13.0. The predicted octanol–water partition coefficient (Wildman–Crippen LogP) is 1.42. The Labute approximate surface area is 107 Å². The van der Waals surface area contributed by atoms with E-state index < -0.39 is 0 Å². The van der Waals surface area contributed by atoms with Gasteiger partial charge in [0.15, 0.2) is 0 Å². The SMILES string of the molecule is CNc1ccncc1C(=O)NC1CCOC(C)C1. The Hall–Kier alpha value is -1.62. The molecule has 1 fully saturated rings. The third-order valence-corrected chi connectivity index (χ3v) is 3.16. The standard InChI is InChI=1S/C13H19N3O2/c1-9-7-10(4-6-18-9)16-13(17)11-8-15-5-3-12(11)14-2/h3,5,8-10H,4,6-7H2,1-2H3,(H,14,15)(H,16,17). The lowest BCUT2D eigenvalue weighted by molar-refractivity contribution is 0.0136. The highest BCUT2D eigenvalue weighted by Crippen LogP contribution is 2.16. The molecule has 0 radical (unpaired) electrons. The van der Waals surface area contributed by atoms with Crippen molar-refractivity contribution in [3.8, 4) is 0 Å². The van der Waals surface area contributed by atoms with Crippen LogP contribution in [0.3, 0.4) is 0 Å². The molecule has 2 N–H and O–H groups in total. The average molecular weight is 249 g/mol. The van der Waals surface area contributed by atoms with Gasteiger partial charge in [0.25, 0.3) is 5.91 Å². The van der Waals surface area contributed by atoms with E-state index in [0.29, 0.717) is 12.2 Å². The molecule has 18 heavy (non-hydrogen) atoms. The van der Waals surface area contributed by atoms with Gasteiger partial charge in [-0.3, -0.25) is 9.78 Å². The Kier molecular flexibility index (Phi) is 4.15. The highest BCUT2D eigenvalue weighted by atomic mass is 16.5. The summed E-state index contributed by atoms with van der Waals surface area (Å²) in [5, 5.41) is 6.04. The molecule has 5 nitrogen and oxygen atoms in total. The third-order valence-electron chi connectivity index (χ3n) is 3.16. The van der Waals surface area contributed by atoms with Crippen LogP contribution in [0, 0.1) is 0 Å². The van der Waals surface area contributed by atoms with Gasteiger partial charge >= 0.3 is 0 Å². The molecule has 1 saturated heterocycles. The fourth-order valence-corrected chi connectivity index (χ4v) is 2.19. The zero-order valence-electron chi connectivity index (χ0n) is 10.8. The minimum Gasteiger partial charge on any atom is -0.387 e. The molecule has 1 aliphatic rings. The summed E-state index contributed by atoms with van der Waals surface area (Å²) in [4.78, 5) is 16.2. The molecule has 2 heterocycles. The van der Waals surface area contributed by atoms with Gasteiger partial charge in [-0.2, -0.15) is 0 Å². The number of hydrogen-bond donors (Lipinski definition) is 2. The van der Waals surface area contributed by atoms with E-state index in [0.717, 1.165) is 18.5 Å². The first-order valence-electron chi connectivity index (χ1n) is 6.25. The molecule has 5 heteroatoms. The van der Waals surface area contributed by atoms with Crippen LogP contribution < -0.4 is 10.6 Å². The van der Waals surface area contributed by atoms with Gasteiger partial charge in [0, 0.05) is 37.8 Å². The normalized spacial score (nSPS) is 23.4. The Bertz CT molecular complexity index is 422. The van der Waals surface area contributed by atoms with Crippen molar-refractivity contribution >= 4 is 11.6 Å². The first-order chi connectivity index (χ1) is 8.70. The van der Waals surface area contributed by atoms with Crippen molar-refractivity contribution in [3.05, 3.63) is 24.0 Å². The van der Waals surface area contributed by atoms with Gasteiger partial charge in [0.2, 0.25) is 0 Å². The molecular weight excluding hydrogens is 230 g/mol. The van der Waals surface area contributed by atoms with Crippen molar-refractivity contribution in [1.29, 1.82) is 0 Å². The minimum atomic E-state index is -0.0773. The molecule has 0 bridgehead atoms. The lowest BCUT2D eigenvalue weighted by Crippen LogP contribution is -2.41. The molecule has 1 aromatic rings. The molecule has 0 aliphatic carbocycles. The van der Waals surface area contributed by atoms with Crippen molar-refractivity contribution < 1.29 is 9.53 Å². The van der Waals surface area contributed by atoms with Crippen LogP contribution in [0.5, 0.6) is 0 Å². The molecular formula is C13H19N3O2. The molecule has 0 spiro atoms. The Morgan fingerprint density at radius 3 is 3.11 bits per heavy atom. The van der Waals surface area contributed by atoms with Gasteiger partial charge in [-0.1, -0.05) is 0 Å². The van der Waals surface area contributed by atoms with Gasteiger partial charge in [-0.05, 0) is 25.8 Å². The van der Waals surface area contributed by atoms with Gasteiger partial charge in [0.05, 0.1) is 11.7 Å². The topological polar surface area (TPSA) is 63.2 Å². The summed E-state index contributed by atoms with van der Waals surface area (Å²) in [6.45, 7) is 2.74. The van der Waals surface area contributed by atoms with E-state index >= 15 is 0 Å². The van der Waals surface area contributed by atoms with E-state index in [1.165, 1.54) is 0 Å². The van der Waals surface area contributed by atoms with Crippen molar-refractivity contribution in [2.75, 3.05) is 19.0 Å². The number of anilines is 1. The van der Waals surface area contributed by atoms with Gasteiger partial charge in [-0.15, -0.1) is 0 Å². The van der Waals surface area contributed by atoms with E-state index in [-0.39, 0.29) is 18.1 Å². The molecule has 1 aromatic heterocycles. The molecule has 1 amide bonds. The number of hydrogen-bond acceptors (Lipinski definition) is 4. The fraction of sp³-hybridized carbons (Fsp3) is 0.538.